The van der Waals surface area contributed by atoms with E-state index in [0.717, 1.165) is 24.8 Å². The Morgan fingerprint density at radius 3 is 2.60 bits per heavy atom. The molecule has 2 fully saturated rings. The molecule has 5 rings (SSSR count). The molecule has 0 spiro atoms. The van der Waals surface area contributed by atoms with E-state index in [9.17, 15) is 24.3 Å². The molecule has 4 N–H and O–H groups in total. The Morgan fingerprint density at radius 1 is 1.12 bits per heavy atom. The van der Waals surface area contributed by atoms with Crippen molar-refractivity contribution in [2.75, 3.05) is 6.54 Å². The molecule has 0 unspecified atom stereocenters. The lowest BCUT2D eigenvalue weighted by molar-refractivity contribution is -0.145. The van der Waals surface area contributed by atoms with Gasteiger partial charge in [-0.3, -0.25) is 9.59 Å². The zero-order valence-electron chi connectivity index (χ0n) is 24.8. The average molecular weight is 593 g/mol. The van der Waals surface area contributed by atoms with Crippen LogP contribution in [0.15, 0.2) is 42.5 Å². The van der Waals surface area contributed by atoms with Gasteiger partial charge in [0.15, 0.2) is 0 Å². The Kier molecular flexibility index (Phi) is 8.52. The van der Waals surface area contributed by atoms with E-state index in [1.54, 1.807) is 0 Å². The summed E-state index contributed by atoms with van der Waals surface area (Å²) in [5, 5.41) is 31.4. The molecule has 2 aromatic rings. The highest BCUT2D eigenvalue weighted by molar-refractivity contribution is 5.96. The van der Waals surface area contributed by atoms with E-state index in [-0.39, 0.29) is 25.3 Å². The van der Waals surface area contributed by atoms with Crippen molar-refractivity contribution in [1.29, 1.82) is 0 Å². The summed E-state index contributed by atoms with van der Waals surface area (Å²) in [4.78, 5) is 55.9. The van der Waals surface area contributed by atoms with Crippen molar-refractivity contribution in [3.63, 3.8) is 0 Å². The summed E-state index contributed by atoms with van der Waals surface area (Å²) in [5.41, 5.74) is -1.14. The fourth-order valence-corrected chi connectivity index (χ4v) is 5.86. The van der Waals surface area contributed by atoms with Crippen molar-refractivity contribution < 1.29 is 24.3 Å². The SMILES string of the molecule is CC(C)(C)NC(=O)N[C@H]1CCCCC/C=C\[C@@H]2C[C@]2(C(=O)O)NC(=O)[C@@H]2C[C@H](n3nnc(-c4ccccc4)n3)CN2C1=O. The van der Waals surface area contributed by atoms with Crippen LogP contribution in [0.4, 0.5) is 4.79 Å². The second kappa shape index (κ2) is 12.1. The lowest BCUT2D eigenvalue weighted by Gasteiger charge is -2.30. The van der Waals surface area contributed by atoms with Gasteiger partial charge in [0.1, 0.15) is 17.6 Å². The quantitative estimate of drug-likeness (QED) is 0.392. The normalized spacial score (nSPS) is 28.9. The van der Waals surface area contributed by atoms with Gasteiger partial charge < -0.3 is 26.0 Å². The standard InChI is InChI=1S/C30H40N8O5/c1-29(2,3)33-28(43)31-22-15-11-6-4-5-10-14-20-17-30(20,27(41)42)32-25(39)23-16-21(18-37(23)26(22)40)38-35-24(34-36-38)19-12-8-7-9-13-19/h7-10,12-14,20-23H,4-6,11,15-18H2,1-3H3,(H,32,39)(H,41,42)(H2,31,33,43)/b14-10-/t20-,21+,22+,23+,30+/m1/s1. The third-order valence-corrected chi connectivity index (χ3v) is 8.22. The molecule has 13 nitrogen and oxygen atoms in total. The van der Waals surface area contributed by atoms with Crippen LogP contribution >= 0.6 is 0 Å². The van der Waals surface area contributed by atoms with Crippen molar-refractivity contribution in [2.45, 2.75) is 94.9 Å². The number of hydrogen-bond acceptors (Lipinski definition) is 7. The van der Waals surface area contributed by atoms with Crippen LogP contribution in [0, 0.1) is 5.92 Å². The molecular formula is C30H40N8O5. The first-order chi connectivity index (χ1) is 20.5. The highest BCUT2D eigenvalue weighted by Crippen LogP contribution is 2.45. The smallest absolute Gasteiger partial charge is 0.330 e. The number of allylic oxidation sites excluding steroid dienone is 1. The van der Waals surface area contributed by atoms with Crippen molar-refractivity contribution in [1.82, 2.24) is 41.1 Å². The summed E-state index contributed by atoms with van der Waals surface area (Å²) in [6.07, 6.45) is 7.86. The number of tetrazole rings is 1. The molecule has 1 saturated heterocycles. The van der Waals surface area contributed by atoms with Gasteiger partial charge in [-0.1, -0.05) is 55.3 Å². The number of rotatable bonds is 4. The number of aromatic nitrogens is 4. The van der Waals surface area contributed by atoms with Gasteiger partial charge in [0.05, 0.1) is 6.04 Å². The molecule has 0 bridgehead atoms. The first-order valence-corrected chi connectivity index (χ1v) is 14.9. The summed E-state index contributed by atoms with van der Waals surface area (Å²) < 4.78 is 0. The van der Waals surface area contributed by atoms with Gasteiger partial charge in [-0.2, -0.15) is 4.80 Å². The molecule has 1 aliphatic carbocycles. The number of carbonyl (C=O) groups excluding carboxylic acids is 3. The predicted octanol–water partition coefficient (Wildman–Crippen LogP) is 2.43. The number of carboxylic acid groups (broad SMARTS) is 1. The highest BCUT2D eigenvalue weighted by atomic mass is 16.4. The molecule has 0 radical (unpaired) electrons. The molecule has 5 atom stereocenters. The Hall–Kier alpha value is -4.29. The molecular weight excluding hydrogens is 552 g/mol. The van der Waals surface area contributed by atoms with Crippen molar-refractivity contribution in [3.8, 4) is 11.4 Å². The lowest BCUT2D eigenvalue weighted by atomic mass is 10.0. The summed E-state index contributed by atoms with van der Waals surface area (Å²) in [6.45, 7) is 5.65. The van der Waals surface area contributed by atoms with Gasteiger partial charge in [-0.05, 0) is 51.7 Å². The number of hydrogen-bond donors (Lipinski definition) is 4. The molecule has 13 heteroatoms. The monoisotopic (exact) mass is 592 g/mol. The highest BCUT2D eigenvalue weighted by Gasteiger charge is 2.61. The zero-order valence-corrected chi connectivity index (χ0v) is 24.8. The van der Waals surface area contributed by atoms with E-state index in [1.807, 2.05) is 63.3 Å². The Labute approximate surface area is 250 Å². The van der Waals surface area contributed by atoms with Gasteiger partial charge in [0, 0.05) is 30.0 Å². The molecule has 43 heavy (non-hydrogen) atoms. The minimum absolute atomic E-state index is 0.101. The Morgan fingerprint density at radius 2 is 1.88 bits per heavy atom. The maximum atomic E-state index is 14.1. The number of amides is 4. The second-order valence-electron chi connectivity index (χ2n) is 12.7. The van der Waals surface area contributed by atoms with Crippen LogP contribution in [0.25, 0.3) is 11.4 Å². The van der Waals surface area contributed by atoms with Crippen molar-refractivity contribution in [2.24, 2.45) is 5.92 Å². The molecule has 4 amide bonds. The van der Waals surface area contributed by atoms with Crippen LogP contribution in [-0.4, -0.2) is 83.7 Å². The first kappa shape index (κ1) is 30.2. The molecule has 1 aromatic heterocycles. The molecule has 230 valence electrons. The molecule has 3 aliphatic rings. The van der Waals surface area contributed by atoms with E-state index in [4.69, 9.17) is 0 Å². The van der Waals surface area contributed by atoms with Crippen molar-refractivity contribution in [3.05, 3.63) is 42.5 Å². The third kappa shape index (κ3) is 6.86. The lowest BCUT2D eigenvalue weighted by Crippen LogP contribution is -2.58. The number of benzene rings is 1. The van der Waals surface area contributed by atoms with E-state index >= 15 is 0 Å². The number of carboxylic acids is 1. The Bertz CT molecular complexity index is 1390. The summed E-state index contributed by atoms with van der Waals surface area (Å²) >= 11 is 0. The molecule has 1 saturated carbocycles. The maximum Gasteiger partial charge on any atom is 0.330 e. The fraction of sp³-hybridized carbons (Fsp3) is 0.567. The molecule has 2 aliphatic heterocycles. The van der Waals surface area contributed by atoms with Crippen LogP contribution in [-0.2, 0) is 14.4 Å². The number of nitrogens with zero attached hydrogens (tertiary/aromatic N) is 5. The topological polar surface area (TPSA) is 171 Å². The maximum absolute atomic E-state index is 14.1. The van der Waals surface area contributed by atoms with E-state index in [0.29, 0.717) is 18.7 Å². The predicted molar refractivity (Wildman–Crippen MR) is 156 cm³/mol. The van der Waals surface area contributed by atoms with E-state index < -0.39 is 53.0 Å². The minimum Gasteiger partial charge on any atom is -0.479 e. The van der Waals surface area contributed by atoms with Gasteiger partial charge in [-0.15, -0.1) is 10.2 Å². The first-order valence-electron chi connectivity index (χ1n) is 14.9. The van der Waals surface area contributed by atoms with Crippen LogP contribution in [0.3, 0.4) is 0 Å². The summed E-state index contributed by atoms with van der Waals surface area (Å²) in [7, 11) is 0. The van der Waals surface area contributed by atoms with E-state index in [1.165, 1.54) is 9.70 Å². The fourth-order valence-electron chi connectivity index (χ4n) is 5.86. The van der Waals surface area contributed by atoms with Crippen molar-refractivity contribution >= 4 is 23.8 Å². The third-order valence-electron chi connectivity index (χ3n) is 8.22. The molecule has 1 aromatic carbocycles. The summed E-state index contributed by atoms with van der Waals surface area (Å²) in [6, 6.07) is 6.54. The average Bonchev–Trinajstić information content (AvgIpc) is 3.28. The van der Waals surface area contributed by atoms with Crippen LogP contribution in [0.5, 0.6) is 0 Å². The minimum atomic E-state index is -1.41. The van der Waals surface area contributed by atoms with Gasteiger partial charge in [-0.25, -0.2) is 9.59 Å². The van der Waals surface area contributed by atoms with E-state index in [2.05, 4.69) is 31.4 Å². The molecule has 3 heterocycles. The number of fused-ring (bicyclic) bond motifs is 2. The number of carbonyl (C=O) groups is 4. The number of aliphatic carboxylic acids is 1. The summed E-state index contributed by atoms with van der Waals surface area (Å²) in [5.74, 6) is -1.96. The van der Waals surface area contributed by atoms with Crippen LogP contribution in [0.2, 0.25) is 0 Å². The van der Waals surface area contributed by atoms with Gasteiger partial charge in [0.25, 0.3) is 0 Å². The Balaban J connectivity index is 1.44. The zero-order chi connectivity index (χ0) is 30.8. The number of nitrogens with one attached hydrogen (secondary N) is 3. The van der Waals surface area contributed by atoms with Gasteiger partial charge >= 0.3 is 12.0 Å². The second-order valence-corrected chi connectivity index (χ2v) is 12.7. The largest absolute Gasteiger partial charge is 0.479 e. The van der Waals surface area contributed by atoms with Gasteiger partial charge in [0.2, 0.25) is 17.6 Å². The van der Waals surface area contributed by atoms with Crippen LogP contribution < -0.4 is 16.0 Å². The van der Waals surface area contributed by atoms with Crippen LogP contribution in [0.1, 0.15) is 71.8 Å². The number of urea groups is 1.